The van der Waals surface area contributed by atoms with Crippen LogP contribution in [-0.4, -0.2) is 18.5 Å². The van der Waals surface area contributed by atoms with E-state index < -0.39 is 0 Å². The van der Waals surface area contributed by atoms with E-state index in [-0.39, 0.29) is 10.6 Å². The predicted molar refractivity (Wildman–Crippen MR) is 86.9 cm³/mol. The van der Waals surface area contributed by atoms with Crippen LogP contribution in [0.25, 0.3) is 0 Å². The van der Waals surface area contributed by atoms with Crippen LogP contribution in [0, 0.1) is 22.0 Å². The van der Waals surface area contributed by atoms with Crippen LogP contribution in [-0.2, 0) is 0 Å². The smallest absolute Gasteiger partial charge is 0.273 e. The molecule has 1 aromatic rings. The van der Waals surface area contributed by atoms with E-state index in [0.717, 1.165) is 36.2 Å². The topological polar surface area (TPSA) is 67.2 Å². The highest BCUT2D eigenvalue weighted by molar-refractivity contribution is 5.63. The largest absolute Gasteiger partial charge is 0.388 e. The van der Waals surface area contributed by atoms with Crippen LogP contribution < -0.4 is 10.6 Å². The Morgan fingerprint density at radius 3 is 2.48 bits per heavy atom. The summed E-state index contributed by atoms with van der Waals surface area (Å²) in [5.41, 5.74) is 1.70. The molecule has 0 bridgehead atoms. The molecule has 0 amide bonds. The number of nitro benzene ring substituents is 1. The van der Waals surface area contributed by atoms with Gasteiger partial charge in [0.25, 0.3) is 5.69 Å². The third-order valence-corrected chi connectivity index (χ3v) is 4.43. The Hall–Kier alpha value is -1.78. The van der Waals surface area contributed by atoms with Crippen molar-refractivity contribution in [2.75, 3.05) is 24.2 Å². The van der Waals surface area contributed by atoms with Gasteiger partial charge in [-0.05, 0) is 24.3 Å². The molecule has 1 saturated carbocycles. The number of nitrogens with zero attached hydrogens (tertiary/aromatic N) is 1. The van der Waals surface area contributed by atoms with Gasteiger partial charge in [0.1, 0.15) is 0 Å². The van der Waals surface area contributed by atoms with Gasteiger partial charge < -0.3 is 10.6 Å². The van der Waals surface area contributed by atoms with Crippen molar-refractivity contribution in [3.63, 3.8) is 0 Å². The summed E-state index contributed by atoms with van der Waals surface area (Å²) < 4.78 is 0. The second-order valence-corrected chi connectivity index (χ2v) is 6.12. The first-order valence-corrected chi connectivity index (χ1v) is 7.79. The average Bonchev–Trinajstić information content (AvgIpc) is 2.49. The molecule has 5 nitrogen and oxygen atoms in total. The Bertz CT molecular complexity index is 482. The molecule has 2 rings (SSSR count). The summed E-state index contributed by atoms with van der Waals surface area (Å²) in [6.45, 7) is 3.21. The monoisotopic (exact) mass is 291 g/mol. The Morgan fingerprint density at radius 2 is 1.86 bits per heavy atom. The Labute approximate surface area is 126 Å². The van der Waals surface area contributed by atoms with Crippen LogP contribution in [0.1, 0.15) is 39.0 Å². The minimum Gasteiger partial charge on any atom is -0.388 e. The molecular weight excluding hydrogens is 266 g/mol. The van der Waals surface area contributed by atoms with Crippen LogP contribution in [0.2, 0.25) is 0 Å². The molecule has 1 aromatic carbocycles. The Kier molecular flexibility index (Phi) is 5.42. The first-order valence-electron chi connectivity index (χ1n) is 7.79. The summed E-state index contributed by atoms with van der Waals surface area (Å²) in [5, 5.41) is 17.2. The lowest BCUT2D eigenvalue weighted by Gasteiger charge is -2.26. The first-order chi connectivity index (χ1) is 10.1. The second-order valence-electron chi connectivity index (χ2n) is 6.12. The van der Waals surface area contributed by atoms with E-state index in [0.29, 0.717) is 0 Å². The van der Waals surface area contributed by atoms with Gasteiger partial charge in [-0.25, -0.2) is 0 Å². The third kappa shape index (κ3) is 4.62. The number of non-ortho nitro benzene ring substituents is 1. The fraction of sp³-hybridized carbons (Fsp3) is 0.625. The maximum Gasteiger partial charge on any atom is 0.273 e. The molecule has 0 aliphatic heterocycles. The molecule has 0 heterocycles. The Balaban J connectivity index is 1.87. The molecule has 0 aromatic heterocycles. The van der Waals surface area contributed by atoms with E-state index in [2.05, 4.69) is 17.6 Å². The highest BCUT2D eigenvalue weighted by Crippen LogP contribution is 2.30. The zero-order valence-electron chi connectivity index (χ0n) is 12.9. The molecule has 5 heteroatoms. The summed E-state index contributed by atoms with van der Waals surface area (Å²) in [7, 11) is 1.77. The summed E-state index contributed by atoms with van der Waals surface area (Å²) in [6, 6.07) is 5.06. The molecule has 1 aliphatic carbocycles. The SMILES string of the molecule is CNc1cc(NCCC2CCC(C)CC2)cc([N+](=O)[O-])c1. The fourth-order valence-corrected chi connectivity index (χ4v) is 3.00. The van der Waals surface area contributed by atoms with E-state index in [4.69, 9.17) is 0 Å². The number of benzene rings is 1. The van der Waals surface area contributed by atoms with Crippen LogP contribution in [0.4, 0.5) is 17.1 Å². The van der Waals surface area contributed by atoms with Gasteiger partial charge in [-0.3, -0.25) is 10.1 Å². The highest BCUT2D eigenvalue weighted by Gasteiger charge is 2.17. The number of nitro groups is 1. The van der Waals surface area contributed by atoms with Gasteiger partial charge in [0.2, 0.25) is 0 Å². The molecule has 21 heavy (non-hydrogen) atoms. The molecule has 0 unspecified atom stereocenters. The standard InChI is InChI=1S/C16H25N3O2/c1-12-3-5-13(6-4-12)7-8-18-15-9-14(17-2)10-16(11-15)19(20)21/h9-13,17-18H,3-8H2,1-2H3. The maximum absolute atomic E-state index is 10.9. The van der Waals surface area contributed by atoms with Crippen molar-refractivity contribution >= 4 is 17.1 Å². The van der Waals surface area contributed by atoms with Gasteiger partial charge in [0, 0.05) is 37.1 Å². The highest BCUT2D eigenvalue weighted by atomic mass is 16.6. The van der Waals surface area contributed by atoms with Gasteiger partial charge in [-0.15, -0.1) is 0 Å². The molecule has 0 atom stereocenters. The van der Waals surface area contributed by atoms with Crippen LogP contribution in [0.15, 0.2) is 18.2 Å². The van der Waals surface area contributed by atoms with Crippen molar-refractivity contribution in [3.05, 3.63) is 28.3 Å². The molecular formula is C16H25N3O2. The molecule has 0 saturated heterocycles. The molecule has 0 spiro atoms. The van der Waals surface area contributed by atoms with Gasteiger partial charge in [-0.1, -0.05) is 32.6 Å². The van der Waals surface area contributed by atoms with E-state index in [1.54, 1.807) is 19.2 Å². The number of hydrogen-bond donors (Lipinski definition) is 2. The van der Waals surface area contributed by atoms with Crippen molar-refractivity contribution in [1.29, 1.82) is 0 Å². The lowest BCUT2D eigenvalue weighted by Crippen LogP contribution is -2.15. The summed E-state index contributed by atoms with van der Waals surface area (Å²) in [5.74, 6) is 1.68. The van der Waals surface area contributed by atoms with Gasteiger partial charge >= 0.3 is 0 Å². The van der Waals surface area contributed by atoms with Gasteiger partial charge in [-0.2, -0.15) is 0 Å². The first kappa shape index (κ1) is 15.6. The summed E-state index contributed by atoms with van der Waals surface area (Å²) in [6.07, 6.45) is 6.46. The maximum atomic E-state index is 10.9. The third-order valence-electron chi connectivity index (χ3n) is 4.43. The minimum atomic E-state index is -0.353. The number of rotatable bonds is 6. The lowest BCUT2D eigenvalue weighted by molar-refractivity contribution is -0.384. The normalized spacial score (nSPS) is 21.8. The van der Waals surface area contributed by atoms with Crippen LogP contribution in [0.3, 0.4) is 0 Å². The molecule has 2 N–H and O–H groups in total. The average molecular weight is 291 g/mol. The lowest BCUT2D eigenvalue weighted by atomic mass is 9.81. The number of hydrogen-bond acceptors (Lipinski definition) is 4. The second kappa shape index (κ2) is 7.29. The number of anilines is 2. The zero-order valence-corrected chi connectivity index (χ0v) is 12.9. The molecule has 116 valence electrons. The number of nitrogens with one attached hydrogen (secondary N) is 2. The van der Waals surface area contributed by atoms with Crippen LogP contribution in [0.5, 0.6) is 0 Å². The van der Waals surface area contributed by atoms with Crippen molar-refractivity contribution < 1.29 is 4.92 Å². The molecule has 0 radical (unpaired) electrons. The van der Waals surface area contributed by atoms with Crippen molar-refractivity contribution in [2.45, 2.75) is 39.0 Å². The van der Waals surface area contributed by atoms with Crippen molar-refractivity contribution in [2.24, 2.45) is 11.8 Å². The molecule has 1 fully saturated rings. The van der Waals surface area contributed by atoms with Crippen LogP contribution >= 0.6 is 0 Å². The van der Waals surface area contributed by atoms with Gasteiger partial charge in [0.05, 0.1) is 4.92 Å². The van der Waals surface area contributed by atoms with E-state index in [1.165, 1.54) is 25.7 Å². The summed E-state index contributed by atoms with van der Waals surface area (Å²) >= 11 is 0. The zero-order chi connectivity index (χ0) is 15.2. The van der Waals surface area contributed by atoms with E-state index in [1.807, 2.05) is 6.07 Å². The van der Waals surface area contributed by atoms with E-state index in [9.17, 15) is 10.1 Å². The van der Waals surface area contributed by atoms with Gasteiger partial charge in [0.15, 0.2) is 0 Å². The quantitative estimate of drug-likeness (QED) is 0.607. The summed E-state index contributed by atoms with van der Waals surface area (Å²) in [4.78, 5) is 10.6. The van der Waals surface area contributed by atoms with E-state index >= 15 is 0 Å². The predicted octanol–water partition coefficient (Wildman–Crippen LogP) is 4.26. The molecule has 1 aliphatic rings. The minimum absolute atomic E-state index is 0.121. The Morgan fingerprint density at radius 1 is 1.19 bits per heavy atom. The fourth-order valence-electron chi connectivity index (χ4n) is 3.00. The van der Waals surface area contributed by atoms with Crippen molar-refractivity contribution in [3.8, 4) is 0 Å². The van der Waals surface area contributed by atoms with Crippen molar-refractivity contribution in [1.82, 2.24) is 0 Å².